The summed E-state index contributed by atoms with van der Waals surface area (Å²) in [7, 11) is 2.07. The fourth-order valence-electron chi connectivity index (χ4n) is 1.95. The second-order valence-electron chi connectivity index (χ2n) is 3.87. The van der Waals surface area contributed by atoms with Gasteiger partial charge in [-0.15, -0.1) is 0 Å². The van der Waals surface area contributed by atoms with Gasteiger partial charge in [-0.1, -0.05) is 0 Å². The first kappa shape index (κ1) is 8.75. The molecule has 3 nitrogen and oxygen atoms in total. The van der Waals surface area contributed by atoms with Gasteiger partial charge >= 0.3 is 0 Å². The van der Waals surface area contributed by atoms with Crippen molar-refractivity contribution in [3.63, 3.8) is 0 Å². The highest BCUT2D eigenvalue weighted by Crippen LogP contribution is 2.14. The summed E-state index contributed by atoms with van der Waals surface area (Å²) in [5.41, 5.74) is 0. The van der Waals surface area contributed by atoms with Gasteiger partial charge in [-0.05, 0) is 31.8 Å². The number of imidazole rings is 1. The van der Waals surface area contributed by atoms with Gasteiger partial charge in [0, 0.05) is 25.9 Å². The Kier molecular flexibility index (Phi) is 2.64. The van der Waals surface area contributed by atoms with Crippen molar-refractivity contribution in [2.75, 3.05) is 13.1 Å². The Morgan fingerprint density at radius 1 is 1.69 bits per heavy atom. The van der Waals surface area contributed by atoms with Crippen LogP contribution in [0.1, 0.15) is 18.7 Å². The fourth-order valence-corrected chi connectivity index (χ4v) is 1.95. The van der Waals surface area contributed by atoms with E-state index in [-0.39, 0.29) is 0 Å². The van der Waals surface area contributed by atoms with Crippen LogP contribution in [0, 0.1) is 5.92 Å². The molecule has 0 amide bonds. The number of aromatic nitrogens is 2. The Balaban J connectivity index is 1.93. The summed E-state index contributed by atoms with van der Waals surface area (Å²) in [6, 6.07) is 0. The van der Waals surface area contributed by atoms with Crippen molar-refractivity contribution < 1.29 is 0 Å². The second kappa shape index (κ2) is 3.92. The molecule has 1 aliphatic rings. The van der Waals surface area contributed by atoms with E-state index in [0.717, 1.165) is 18.9 Å². The van der Waals surface area contributed by atoms with Crippen LogP contribution in [0.4, 0.5) is 0 Å². The van der Waals surface area contributed by atoms with Crippen LogP contribution in [0.2, 0.25) is 0 Å². The Labute approximate surface area is 79.2 Å². The Morgan fingerprint density at radius 2 is 2.62 bits per heavy atom. The molecule has 0 aliphatic carbocycles. The predicted octanol–water partition coefficient (Wildman–Crippen LogP) is 0.962. The maximum atomic E-state index is 4.35. The first-order valence-electron chi connectivity index (χ1n) is 5.03. The second-order valence-corrected chi connectivity index (χ2v) is 3.87. The molecule has 13 heavy (non-hydrogen) atoms. The molecule has 0 saturated carbocycles. The van der Waals surface area contributed by atoms with Crippen LogP contribution in [0.15, 0.2) is 12.4 Å². The van der Waals surface area contributed by atoms with Crippen molar-refractivity contribution in [2.24, 2.45) is 13.0 Å². The summed E-state index contributed by atoms with van der Waals surface area (Å²) in [5.74, 6) is 2.00. The van der Waals surface area contributed by atoms with Gasteiger partial charge in [-0.3, -0.25) is 0 Å². The van der Waals surface area contributed by atoms with Crippen molar-refractivity contribution >= 4 is 0 Å². The van der Waals surface area contributed by atoms with Crippen molar-refractivity contribution in [1.82, 2.24) is 14.9 Å². The first-order valence-corrected chi connectivity index (χ1v) is 5.03. The average molecular weight is 179 g/mol. The highest BCUT2D eigenvalue weighted by atomic mass is 15.0. The number of hydrogen-bond acceptors (Lipinski definition) is 2. The van der Waals surface area contributed by atoms with E-state index < -0.39 is 0 Å². The summed E-state index contributed by atoms with van der Waals surface area (Å²) < 4.78 is 2.12. The van der Waals surface area contributed by atoms with Crippen molar-refractivity contribution in [3.8, 4) is 0 Å². The normalized spacial score (nSPS) is 23.3. The molecule has 2 rings (SSSR count). The molecule has 72 valence electrons. The van der Waals surface area contributed by atoms with E-state index in [2.05, 4.69) is 21.9 Å². The molecular formula is C10H17N3. The van der Waals surface area contributed by atoms with E-state index >= 15 is 0 Å². The van der Waals surface area contributed by atoms with E-state index in [1.165, 1.54) is 25.2 Å². The molecule has 0 bridgehead atoms. The lowest BCUT2D eigenvalue weighted by molar-refractivity contribution is 0.368. The average Bonchev–Trinajstić information content (AvgIpc) is 2.54. The van der Waals surface area contributed by atoms with Gasteiger partial charge < -0.3 is 9.88 Å². The van der Waals surface area contributed by atoms with Gasteiger partial charge in [-0.25, -0.2) is 4.98 Å². The van der Waals surface area contributed by atoms with Crippen molar-refractivity contribution in [3.05, 3.63) is 18.2 Å². The number of piperidine rings is 1. The van der Waals surface area contributed by atoms with Gasteiger partial charge in [0.05, 0.1) is 0 Å². The molecule has 1 aromatic rings. The lowest BCUT2D eigenvalue weighted by atomic mass is 9.96. The lowest BCUT2D eigenvalue weighted by Crippen LogP contribution is -2.31. The van der Waals surface area contributed by atoms with Crippen LogP contribution in [0.25, 0.3) is 0 Å². The molecule has 1 saturated heterocycles. The summed E-state index contributed by atoms with van der Waals surface area (Å²) in [5, 5.41) is 3.43. The zero-order chi connectivity index (χ0) is 9.10. The maximum Gasteiger partial charge on any atom is 0.108 e. The third-order valence-electron chi connectivity index (χ3n) is 2.79. The third-order valence-corrected chi connectivity index (χ3v) is 2.79. The molecule has 0 spiro atoms. The first-order chi connectivity index (χ1) is 6.36. The molecule has 1 N–H and O–H groups in total. The molecule has 1 atom stereocenters. The van der Waals surface area contributed by atoms with Crippen LogP contribution < -0.4 is 5.32 Å². The largest absolute Gasteiger partial charge is 0.338 e. The predicted molar refractivity (Wildman–Crippen MR) is 52.5 cm³/mol. The van der Waals surface area contributed by atoms with E-state index in [0.29, 0.717) is 0 Å². The smallest absolute Gasteiger partial charge is 0.108 e. The highest BCUT2D eigenvalue weighted by molar-refractivity contribution is 4.93. The summed E-state index contributed by atoms with van der Waals surface area (Å²) in [4.78, 5) is 4.35. The minimum Gasteiger partial charge on any atom is -0.338 e. The minimum atomic E-state index is 0.787. The molecule has 1 aromatic heterocycles. The monoisotopic (exact) mass is 179 g/mol. The lowest BCUT2D eigenvalue weighted by Gasteiger charge is -2.22. The molecule has 2 heterocycles. The van der Waals surface area contributed by atoms with E-state index in [9.17, 15) is 0 Å². The van der Waals surface area contributed by atoms with E-state index in [1.807, 2.05) is 12.4 Å². The van der Waals surface area contributed by atoms with Crippen molar-refractivity contribution in [2.45, 2.75) is 19.3 Å². The topological polar surface area (TPSA) is 29.9 Å². The molecule has 1 fully saturated rings. The van der Waals surface area contributed by atoms with Gasteiger partial charge in [0.15, 0.2) is 0 Å². The Hall–Kier alpha value is -0.830. The zero-order valence-corrected chi connectivity index (χ0v) is 8.16. The van der Waals surface area contributed by atoms with Gasteiger partial charge in [0.1, 0.15) is 5.82 Å². The summed E-state index contributed by atoms with van der Waals surface area (Å²) in [6.45, 7) is 2.35. The molecular weight excluding hydrogens is 162 g/mol. The number of nitrogens with zero attached hydrogens (tertiary/aromatic N) is 2. The van der Waals surface area contributed by atoms with Gasteiger partial charge in [-0.2, -0.15) is 0 Å². The molecule has 1 aliphatic heterocycles. The number of aryl methyl sites for hydroxylation is 1. The zero-order valence-electron chi connectivity index (χ0n) is 8.16. The fraction of sp³-hybridized carbons (Fsp3) is 0.700. The summed E-state index contributed by atoms with van der Waals surface area (Å²) >= 11 is 0. The minimum absolute atomic E-state index is 0.787. The van der Waals surface area contributed by atoms with E-state index in [1.54, 1.807) is 0 Å². The number of hydrogen-bond donors (Lipinski definition) is 1. The summed E-state index contributed by atoms with van der Waals surface area (Å²) in [6.07, 6.45) is 7.68. The molecule has 1 unspecified atom stereocenters. The maximum absolute atomic E-state index is 4.35. The standard InChI is InChI=1S/C10H17N3/c1-13-6-5-12-10(13)7-9-3-2-4-11-8-9/h5-6,9,11H,2-4,7-8H2,1H3. The van der Waals surface area contributed by atoms with Crippen LogP contribution in [-0.4, -0.2) is 22.6 Å². The van der Waals surface area contributed by atoms with Crippen LogP contribution >= 0.6 is 0 Å². The molecule has 3 heteroatoms. The molecule has 0 aromatic carbocycles. The SMILES string of the molecule is Cn1ccnc1CC1CCCNC1. The number of rotatable bonds is 2. The quantitative estimate of drug-likeness (QED) is 0.733. The van der Waals surface area contributed by atoms with Crippen LogP contribution in [0.3, 0.4) is 0 Å². The highest BCUT2D eigenvalue weighted by Gasteiger charge is 2.14. The third kappa shape index (κ3) is 2.10. The van der Waals surface area contributed by atoms with Gasteiger partial charge in [0.25, 0.3) is 0 Å². The van der Waals surface area contributed by atoms with Crippen molar-refractivity contribution in [1.29, 1.82) is 0 Å². The molecule has 0 radical (unpaired) electrons. The Bertz CT molecular complexity index is 261. The van der Waals surface area contributed by atoms with Gasteiger partial charge in [0.2, 0.25) is 0 Å². The number of nitrogens with one attached hydrogen (secondary N) is 1. The van der Waals surface area contributed by atoms with E-state index in [4.69, 9.17) is 0 Å². The van der Waals surface area contributed by atoms with Crippen LogP contribution in [-0.2, 0) is 13.5 Å². The van der Waals surface area contributed by atoms with Crippen LogP contribution in [0.5, 0.6) is 0 Å². The Morgan fingerprint density at radius 3 is 3.23 bits per heavy atom.